The highest BCUT2D eigenvalue weighted by Gasteiger charge is 2.54. The Morgan fingerprint density at radius 1 is 1.03 bits per heavy atom. The highest BCUT2D eigenvalue weighted by atomic mass is 32.1. The number of carbonyl (C=O) groups is 2. The van der Waals surface area contributed by atoms with Crippen LogP contribution < -0.4 is 10.1 Å². The van der Waals surface area contributed by atoms with Gasteiger partial charge in [0.15, 0.2) is 0 Å². The Kier molecular flexibility index (Phi) is 5.72. The summed E-state index contributed by atoms with van der Waals surface area (Å²) in [6, 6.07) is 19.2. The van der Waals surface area contributed by atoms with Crippen molar-refractivity contribution >= 4 is 28.3 Å². The zero-order valence-electron chi connectivity index (χ0n) is 20.5. The Morgan fingerprint density at radius 3 is 2.49 bits per heavy atom. The summed E-state index contributed by atoms with van der Waals surface area (Å²) in [5.74, 6) is 0.922. The third kappa shape index (κ3) is 3.95. The van der Waals surface area contributed by atoms with Crippen LogP contribution in [-0.2, 0) is 4.79 Å². The van der Waals surface area contributed by atoms with Crippen molar-refractivity contribution in [3.05, 3.63) is 82.9 Å². The molecule has 2 aromatic heterocycles. The van der Waals surface area contributed by atoms with Crippen LogP contribution in [0.25, 0.3) is 11.3 Å². The molecule has 1 N–H and O–H groups in total. The maximum atomic E-state index is 13.7. The summed E-state index contributed by atoms with van der Waals surface area (Å²) in [5.41, 5.74) is 5.10. The molecule has 1 fully saturated rings. The molecule has 1 atom stereocenters. The first kappa shape index (κ1) is 23.3. The molecule has 2 aromatic carbocycles. The van der Waals surface area contributed by atoms with Gasteiger partial charge in [0, 0.05) is 42.3 Å². The van der Waals surface area contributed by atoms with Crippen LogP contribution in [0.2, 0.25) is 0 Å². The van der Waals surface area contributed by atoms with Crippen LogP contribution in [0.5, 0.6) is 11.6 Å². The molecule has 0 saturated heterocycles. The summed E-state index contributed by atoms with van der Waals surface area (Å²) in [7, 11) is 3.46. The van der Waals surface area contributed by atoms with Gasteiger partial charge in [-0.2, -0.15) is 0 Å². The first-order chi connectivity index (χ1) is 18.0. The van der Waals surface area contributed by atoms with Gasteiger partial charge in [0.05, 0.1) is 11.1 Å². The van der Waals surface area contributed by atoms with Crippen LogP contribution in [0.1, 0.15) is 46.7 Å². The number of hydrogen-bond acceptors (Lipinski definition) is 7. The van der Waals surface area contributed by atoms with E-state index in [0.29, 0.717) is 22.3 Å². The monoisotopic (exact) mass is 511 g/mol. The molecule has 9 heteroatoms. The van der Waals surface area contributed by atoms with Gasteiger partial charge < -0.3 is 15.0 Å². The number of aromatic nitrogens is 3. The summed E-state index contributed by atoms with van der Waals surface area (Å²) in [6.45, 7) is 0. The summed E-state index contributed by atoms with van der Waals surface area (Å²) < 4.78 is 6.29. The Hall–Kier alpha value is -4.11. The molecule has 186 valence electrons. The molecule has 1 saturated carbocycles. The van der Waals surface area contributed by atoms with E-state index in [0.717, 1.165) is 41.6 Å². The lowest BCUT2D eigenvalue weighted by Gasteiger charge is -2.48. The number of amides is 2. The van der Waals surface area contributed by atoms with Crippen molar-refractivity contribution in [2.45, 2.75) is 25.2 Å². The first-order valence-corrected chi connectivity index (χ1v) is 13.0. The van der Waals surface area contributed by atoms with E-state index in [-0.39, 0.29) is 17.7 Å². The SMILES string of the molecule is CN(C)C(=O)c1ccc(-c2ccc3c(n2)Oc2ccccc2[C@H]3C2(C(=O)Nc3nncs3)CCC2)cc1. The van der Waals surface area contributed by atoms with Crippen LogP contribution in [0.3, 0.4) is 0 Å². The highest BCUT2D eigenvalue weighted by molar-refractivity contribution is 7.13. The van der Waals surface area contributed by atoms with Gasteiger partial charge in [-0.05, 0) is 37.1 Å². The quantitative estimate of drug-likeness (QED) is 0.388. The molecule has 0 radical (unpaired) electrons. The number of fused-ring (bicyclic) bond motifs is 2. The maximum absolute atomic E-state index is 13.7. The molecule has 4 aromatic rings. The van der Waals surface area contributed by atoms with Gasteiger partial charge in [-0.25, -0.2) is 4.98 Å². The van der Waals surface area contributed by atoms with E-state index in [1.807, 2.05) is 48.5 Å². The lowest BCUT2D eigenvalue weighted by molar-refractivity contribution is -0.131. The summed E-state index contributed by atoms with van der Waals surface area (Å²) >= 11 is 1.31. The fourth-order valence-corrected chi connectivity index (χ4v) is 5.73. The first-order valence-electron chi connectivity index (χ1n) is 12.1. The van der Waals surface area contributed by atoms with E-state index < -0.39 is 5.41 Å². The third-order valence-corrected chi connectivity index (χ3v) is 7.91. The molecule has 2 amide bonds. The number of benzene rings is 2. The number of ether oxygens (including phenoxy) is 1. The topological polar surface area (TPSA) is 97.3 Å². The van der Waals surface area contributed by atoms with Gasteiger partial charge >= 0.3 is 0 Å². The minimum atomic E-state index is -0.627. The Labute approximate surface area is 218 Å². The molecule has 0 bridgehead atoms. The average molecular weight is 512 g/mol. The lowest BCUT2D eigenvalue weighted by atomic mass is 9.56. The Morgan fingerprint density at radius 2 is 1.81 bits per heavy atom. The van der Waals surface area contributed by atoms with E-state index in [1.165, 1.54) is 11.3 Å². The number of nitrogens with zero attached hydrogens (tertiary/aromatic N) is 4. The lowest BCUT2D eigenvalue weighted by Crippen LogP contribution is -2.47. The fourth-order valence-electron chi connectivity index (χ4n) is 5.29. The van der Waals surface area contributed by atoms with E-state index in [1.54, 1.807) is 36.6 Å². The molecule has 3 heterocycles. The van der Waals surface area contributed by atoms with Gasteiger partial charge in [-0.1, -0.05) is 54.2 Å². The number of rotatable bonds is 5. The van der Waals surface area contributed by atoms with Gasteiger partial charge in [0.25, 0.3) is 5.91 Å². The molecule has 8 nitrogen and oxygen atoms in total. The van der Waals surface area contributed by atoms with Gasteiger partial charge in [0.2, 0.25) is 16.9 Å². The zero-order chi connectivity index (χ0) is 25.6. The molecule has 0 spiro atoms. The van der Waals surface area contributed by atoms with E-state index in [2.05, 4.69) is 15.5 Å². The largest absolute Gasteiger partial charge is 0.438 e. The standard InChI is InChI=1S/C28H25N5O3S/c1-33(2)25(34)18-10-8-17(9-11-18)21-13-12-20-23(19-6-3-4-7-22(19)36-24(20)30-21)28(14-5-15-28)26(35)31-27-32-29-16-37-27/h3-4,6-13,16,23H,5,14-15H2,1-2H3,(H,31,32,35)/t23-/m1/s1. The van der Waals surface area contributed by atoms with E-state index in [4.69, 9.17) is 9.72 Å². The normalized spacial score (nSPS) is 17.0. The van der Waals surface area contributed by atoms with Crippen LogP contribution >= 0.6 is 11.3 Å². The predicted molar refractivity (Wildman–Crippen MR) is 141 cm³/mol. The summed E-state index contributed by atoms with van der Waals surface area (Å²) in [4.78, 5) is 32.4. The molecular formula is C28H25N5O3S. The van der Waals surface area contributed by atoms with Crippen LogP contribution in [0.4, 0.5) is 5.13 Å². The van der Waals surface area contributed by atoms with Crippen molar-refractivity contribution in [2.24, 2.45) is 5.41 Å². The molecule has 37 heavy (non-hydrogen) atoms. The number of para-hydroxylation sites is 1. The van der Waals surface area contributed by atoms with Crippen molar-refractivity contribution in [3.63, 3.8) is 0 Å². The van der Waals surface area contributed by atoms with E-state index >= 15 is 0 Å². The second-order valence-corrected chi connectivity index (χ2v) is 10.5. The number of hydrogen-bond donors (Lipinski definition) is 1. The molecule has 6 rings (SSSR count). The molecule has 2 aliphatic rings. The van der Waals surface area contributed by atoms with Crippen LogP contribution in [0, 0.1) is 5.41 Å². The third-order valence-electron chi connectivity index (χ3n) is 7.30. The molecular weight excluding hydrogens is 486 g/mol. The van der Waals surface area contributed by atoms with Crippen molar-refractivity contribution in [3.8, 4) is 22.9 Å². The number of anilines is 1. The zero-order valence-corrected chi connectivity index (χ0v) is 21.3. The molecule has 0 unspecified atom stereocenters. The number of carbonyl (C=O) groups excluding carboxylic acids is 2. The average Bonchev–Trinajstić information content (AvgIpc) is 3.40. The van der Waals surface area contributed by atoms with Crippen molar-refractivity contribution in [2.75, 3.05) is 19.4 Å². The predicted octanol–water partition coefficient (Wildman–Crippen LogP) is 5.35. The van der Waals surface area contributed by atoms with E-state index in [9.17, 15) is 9.59 Å². The summed E-state index contributed by atoms with van der Waals surface area (Å²) in [5, 5.41) is 11.4. The second-order valence-electron chi connectivity index (χ2n) is 9.65. The van der Waals surface area contributed by atoms with Gasteiger partial charge in [-0.15, -0.1) is 10.2 Å². The Balaban J connectivity index is 1.39. The minimum Gasteiger partial charge on any atom is -0.438 e. The Bertz CT molecular complexity index is 1480. The smallest absolute Gasteiger partial charge is 0.253 e. The van der Waals surface area contributed by atoms with Crippen LogP contribution in [0.15, 0.2) is 66.2 Å². The second kappa shape index (κ2) is 9.08. The number of nitrogens with one attached hydrogen (secondary N) is 1. The van der Waals surface area contributed by atoms with Crippen molar-refractivity contribution in [1.82, 2.24) is 20.1 Å². The number of pyridine rings is 1. The highest BCUT2D eigenvalue weighted by Crippen LogP contribution is 2.59. The fraction of sp³-hybridized carbons (Fsp3) is 0.250. The van der Waals surface area contributed by atoms with Crippen LogP contribution in [-0.4, -0.2) is 46.0 Å². The molecule has 1 aliphatic heterocycles. The maximum Gasteiger partial charge on any atom is 0.253 e. The molecule has 1 aliphatic carbocycles. The van der Waals surface area contributed by atoms with Gasteiger partial charge in [-0.3, -0.25) is 9.59 Å². The van der Waals surface area contributed by atoms with Crippen molar-refractivity contribution < 1.29 is 14.3 Å². The van der Waals surface area contributed by atoms with Crippen molar-refractivity contribution in [1.29, 1.82) is 0 Å². The van der Waals surface area contributed by atoms with Gasteiger partial charge in [0.1, 0.15) is 11.3 Å². The minimum absolute atomic E-state index is 0.0478. The summed E-state index contributed by atoms with van der Waals surface area (Å²) in [6.07, 6.45) is 2.50.